The number of nitro groups is 1. The number of amides is 1. The van der Waals surface area contributed by atoms with Crippen molar-refractivity contribution in [1.82, 2.24) is 5.32 Å². The molecule has 29 heavy (non-hydrogen) atoms. The molecule has 1 unspecified atom stereocenters. The van der Waals surface area contributed by atoms with E-state index in [1.165, 1.54) is 38.4 Å². The van der Waals surface area contributed by atoms with Crippen molar-refractivity contribution in [3.8, 4) is 5.75 Å². The van der Waals surface area contributed by atoms with E-state index in [-0.39, 0.29) is 28.7 Å². The second-order valence-electron chi connectivity index (χ2n) is 6.62. The molecule has 0 aromatic heterocycles. The number of nitrogens with zero attached hydrogens (tertiary/aromatic N) is 3. The number of ether oxygens (including phenoxy) is 1. The Morgan fingerprint density at radius 2 is 2.17 bits per heavy atom. The molecule has 1 fully saturated rings. The van der Waals surface area contributed by atoms with Gasteiger partial charge in [0.2, 0.25) is 0 Å². The molecule has 1 aliphatic heterocycles. The number of carbonyl (C=O) groups excluding carboxylic acids is 1. The van der Waals surface area contributed by atoms with Gasteiger partial charge in [-0.15, -0.1) is 0 Å². The largest absolute Gasteiger partial charge is 0.497 e. The van der Waals surface area contributed by atoms with Gasteiger partial charge in [-0.3, -0.25) is 19.9 Å². The van der Waals surface area contributed by atoms with Crippen molar-refractivity contribution in [3.63, 3.8) is 0 Å². The van der Waals surface area contributed by atoms with Gasteiger partial charge >= 0.3 is 0 Å². The molecule has 1 heterocycles. The predicted octanol–water partition coefficient (Wildman–Crippen LogP) is 3.47. The lowest BCUT2D eigenvalue weighted by atomic mass is 10.1. The summed E-state index contributed by atoms with van der Waals surface area (Å²) in [5, 5.41) is 14.4. The summed E-state index contributed by atoms with van der Waals surface area (Å²) in [4.78, 5) is 29.1. The Labute approximate surface area is 167 Å². The van der Waals surface area contributed by atoms with E-state index in [1.807, 2.05) is 0 Å². The molecule has 3 rings (SSSR count). The van der Waals surface area contributed by atoms with Crippen LogP contribution in [0, 0.1) is 15.9 Å². The van der Waals surface area contributed by atoms with Crippen LogP contribution in [0.2, 0.25) is 0 Å². The third-order valence-electron chi connectivity index (χ3n) is 4.73. The fraction of sp³-hybridized carbons (Fsp3) is 0.300. The van der Waals surface area contributed by atoms with Crippen LogP contribution in [0.5, 0.6) is 5.75 Å². The molecule has 8 nitrogen and oxygen atoms in total. The molecule has 1 N–H and O–H groups in total. The van der Waals surface area contributed by atoms with E-state index >= 15 is 0 Å². The molecule has 0 aliphatic carbocycles. The number of anilines is 1. The minimum absolute atomic E-state index is 0.0196. The summed E-state index contributed by atoms with van der Waals surface area (Å²) >= 11 is 0. The Morgan fingerprint density at radius 1 is 1.38 bits per heavy atom. The van der Waals surface area contributed by atoms with Gasteiger partial charge in [0.1, 0.15) is 5.75 Å². The van der Waals surface area contributed by atoms with Crippen LogP contribution in [0.4, 0.5) is 21.5 Å². The molecule has 1 amide bonds. The molecule has 0 bridgehead atoms. The first-order valence-electron chi connectivity index (χ1n) is 9.08. The van der Waals surface area contributed by atoms with E-state index in [4.69, 9.17) is 4.74 Å². The van der Waals surface area contributed by atoms with Crippen LogP contribution < -0.4 is 15.0 Å². The van der Waals surface area contributed by atoms with Gasteiger partial charge in [-0.05, 0) is 37.6 Å². The van der Waals surface area contributed by atoms with Crippen LogP contribution in [0.25, 0.3) is 0 Å². The zero-order valence-corrected chi connectivity index (χ0v) is 16.1. The standard InChI is InChI=1S/C20H21FN4O4/c1-24(19-8-6-15(29-2)11-17(19)21)20(26)16-10-14(25(27)28)5-7-18(16)23-12-13-4-3-9-22-13/h5-8,10-13,22H,3-4,9H2,1-2H3/b23-12+. The van der Waals surface area contributed by atoms with E-state index in [0.29, 0.717) is 5.75 Å². The number of non-ortho nitro benzene ring substituents is 1. The van der Waals surface area contributed by atoms with Gasteiger partial charge in [0.05, 0.1) is 29.0 Å². The average molecular weight is 400 g/mol. The maximum Gasteiger partial charge on any atom is 0.270 e. The second kappa shape index (κ2) is 8.78. The summed E-state index contributed by atoms with van der Waals surface area (Å²) in [5.41, 5.74) is 0.0887. The molecule has 0 radical (unpaired) electrons. The lowest BCUT2D eigenvalue weighted by molar-refractivity contribution is -0.384. The maximum atomic E-state index is 14.4. The number of aliphatic imine (C=N–C) groups is 1. The molecule has 1 atom stereocenters. The van der Waals surface area contributed by atoms with Crippen LogP contribution in [-0.4, -0.2) is 43.8 Å². The predicted molar refractivity (Wildman–Crippen MR) is 108 cm³/mol. The fourth-order valence-electron chi connectivity index (χ4n) is 3.11. The van der Waals surface area contributed by atoms with E-state index in [2.05, 4.69) is 10.3 Å². The number of halogens is 1. The summed E-state index contributed by atoms with van der Waals surface area (Å²) in [6.45, 7) is 0.891. The number of hydrogen-bond donors (Lipinski definition) is 1. The van der Waals surface area contributed by atoms with Crippen LogP contribution in [0.15, 0.2) is 41.4 Å². The maximum absolute atomic E-state index is 14.4. The zero-order valence-electron chi connectivity index (χ0n) is 16.1. The topological polar surface area (TPSA) is 97.1 Å². The highest BCUT2D eigenvalue weighted by atomic mass is 19.1. The van der Waals surface area contributed by atoms with Crippen molar-refractivity contribution in [1.29, 1.82) is 0 Å². The van der Waals surface area contributed by atoms with Crippen molar-refractivity contribution < 1.29 is 18.8 Å². The highest BCUT2D eigenvalue weighted by Crippen LogP contribution is 2.29. The van der Waals surface area contributed by atoms with Crippen LogP contribution in [-0.2, 0) is 0 Å². The van der Waals surface area contributed by atoms with E-state index in [0.717, 1.165) is 36.4 Å². The third-order valence-corrected chi connectivity index (χ3v) is 4.73. The molecule has 2 aromatic rings. The first kappa shape index (κ1) is 20.4. The molecule has 0 saturated carbocycles. The van der Waals surface area contributed by atoms with Gasteiger partial charge in [0.25, 0.3) is 11.6 Å². The Balaban J connectivity index is 1.96. The lowest BCUT2D eigenvalue weighted by Crippen LogP contribution is -2.27. The number of methoxy groups -OCH3 is 1. The molecular formula is C20H21FN4O4. The molecular weight excluding hydrogens is 379 g/mol. The monoisotopic (exact) mass is 400 g/mol. The Bertz CT molecular complexity index is 957. The summed E-state index contributed by atoms with van der Waals surface area (Å²) in [6, 6.07) is 8.07. The zero-order chi connectivity index (χ0) is 21.0. The van der Waals surface area contributed by atoms with Crippen LogP contribution in [0.3, 0.4) is 0 Å². The Morgan fingerprint density at radius 3 is 2.79 bits per heavy atom. The summed E-state index contributed by atoms with van der Waals surface area (Å²) in [7, 11) is 2.81. The Kier molecular flexibility index (Phi) is 6.18. The van der Waals surface area contributed by atoms with Crippen molar-refractivity contribution in [3.05, 3.63) is 57.9 Å². The SMILES string of the molecule is COc1ccc(N(C)C(=O)c2cc([N+](=O)[O-])ccc2/N=C/C2CCCN2)c(F)c1. The minimum atomic E-state index is -0.647. The summed E-state index contributed by atoms with van der Waals surface area (Å²) < 4.78 is 19.4. The summed E-state index contributed by atoms with van der Waals surface area (Å²) in [5.74, 6) is -0.938. The van der Waals surface area contributed by atoms with E-state index in [1.54, 1.807) is 6.21 Å². The summed E-state index contributed by atoms with van der Waals surface area (Å²) in [6.07, 6.45) is 3.65. The minimum Gasteiger partial charge on any atom is -0.497 e. The van der Waals surface area contributed by atoms with Crippen LogP contribution >= 0.6 is 0 Å². The molecule has 0 spiro atoms. The molecule has 1 aliphatic rings. The smallest absolute Gasteiger partial charge is 0.270 e. The van der Waals surface area contributed by atoms with Gasteiger partial charge in [-0.1, -0.05) is 0 Å². The van der Waals surface area contributed by atoms with E-state index in [9.17, 15) is 19.3 Å². The second-order valence-corrected chi connectivity index (χ2v) is 6.62. The number of hydrogen-bond acceptors (Lipinski definition) is 6. The molecule has 9 heteroatoms. The number of carbonyl (C=O) groups is 1. The highest BCUT2D eigenvalue weighted by molar-refractivity contribution is 6.09. The van der Waals surface area contributed by atoms with Crippen molar-refractivity contribution >= 4 is 29.2 Å². The van der Waals surface area contributed by atoms with Crippen LogP contribution in [0.1, 0.15) is 23.2 Å². The van der Waals surface area contributed by atoms with Gasteiger partial charge in [-0.25, -0.2) is 4.39 Å². The van der Waals surface area contributed by atoms with Crippen molar-refractivity contribution in [2.45, 2.75) is 18.9 Å². The third kappa shape index (κ3) is 4.57. The molecule has 1 saturated heterocycles. The van der Waals surface area contributed by atoms with Gasteiger partial charge in [-0.2, -0.15) is 0 Å². The van der Waals surface area contributed by atoms with Crippen molar-refractivity contribution in [2.24, 2.45) is 4.99 Å². The van der Waals surface area contributed by atoms with E-state index < -0.39 is 16.6 Å². The highest BCUT2D eigenvalue weighted by Gasteiger charge is 2.23. The number of nitro benzene ring substituents is 1. The fourth-order valence-corrected chi connectivity index (χ4v) is 3.11. The normalized spacial score (nSPS) is 16.2. The van der Waals surface area contributed by atoms with Crippen molar-refractivity contribution in [2.75, 3.05) is 25.6 Å². The number of nitrogens with one attached hydrogen (secondary N) is 1. The molecule has 152 valence electrons. The number of rotatable bonds is 6. The lowest BCUT2D eigenvalue weighted by Gasteiger charge is -2.19. The van der Waals surface area contributed by atoms with Gasteiger partial charge in [0, 0.05) is 37.5 Å². The van der Waals surface area contributed by atoms with Gasteiger partial charge < -0.3 is 15.0 Å². The Hall–Kier alpha value is -3.33. The number of benzene rings is 2. The molecule has 2 aromatic carbocycles. The first-order valence-corrected chi connectivity index (χ1v) is 9.08. The van der Waals surface area contributed by atoms with Gasteiger partial charge in [0.15, 0.2) is 5.82 Å². The average Bonchev–Trinajstić information content (AvgIpc) is 3.24. The quantitative estimate of drug-likeness (QED) is 0.455. The first-order chi connectivity index (χ1) is 13.9.